The van der Waals surface area contributed by atoms with Gasteiger partial charge in [0.05, 0.1) is 14.2 Å². The van der Waals surface area contributed by atoms with Gasteiger partial charge in [0.1, 0.15) is 29.4 Å². The standard InChI is InChI=1S/C17H19N3O2/c1-19-14-5-3-4-6-15(14)20(17(19)18)11-16(21)12-7-9-13(22-2)10-8-12/h3-10,16,18,21H,11H2,1-2H3/p+1/t16-/m0/s1. The van der Waals surface area contributed by atoms with Gasteiger partial charge in [-0.15, -0.1) is 0 Å². The first-order chi connectivity index (χ1) is 10.6. The van der Waals surface area contributed by atoms with Crippen molar-refractivity contribution in [2.24, 2.45) is 7.05 Å². The molecule has 5 nitrogen and oxygen atoms in total. The number of nitrogens with two attached hydrogens (primary N) is 1. The number of imidazole rings is 1. The number of hydrogen-bond acceptors (Lipinski definition) is 3. The third-order valence-corrected chi connectivity index (χ3v) is 4.01. The highest BCUT2D eigenvalue weighted by atomic mass is 16.5. The highest BCUT2D eigenvalue weighted by Crippen LogP contribution is 2.22. The molecule has 0 saturated carbocycles. The quantitative estimate of drug-likeness (QED) is 0.722. The summed E-state index contributed by atoms with van der Waals surface area (Å²) in [5, 5.41) is 10.5. The van der Waals surface area contributed by atoms with Crippen LogP contribution in [-0.4, -0.2) is 16.8 Å². The summed E-state index contributed by atoms with van der Waals surface area (Å²) in [7, 11) is 3.55. The fourth-order valence-electron chi connectivity index (χ4n) is 2.70. The number of aliphatic hydroxyl groups is 1. The average molecular weight is 298 g/mol. The molecule has 114 valence electrons. The van der Waals surface area contributed by atoms with Crippen molar-refractivity contribution in [1.29, 1.82) is 0 Å². The van der Waals surface area contributed by atoms with Crippen LogP contribution in [0, 0.1) is 0 Å². The van der Waals surface area contributed by atoms with Crippen LogP contribution in [0.5, 0.6) is 5.75 Å². The number of anilines is 1. The summed E-state index contributed by atoms with van der Waals surface area (Å²) in [5.74, 6) is 1.39. The van der Waals surface area contributed by atoms with Gasteiger partial charge in [-0.05, 0) is 29.8 Å². The monoisotopic (exact) mass is 298 g/mol. The third-order valence-electron chi connectivity index (χ3n) is 4.01. The normalized spacial score (nSPS) is 12.5. The van der Waals surface area contributed by atoms with Crippen molar-refractivity contribution in [2.75, 3.05) is 12.8 Å². The van der Waals surface area contributed by atoms with E-state index < -0.39 is 6.10 Å². The molecule has 0 bridgehead atoms. The predicted molar refractivity (Wildman–Crippen MR) is 85.5 cm³/mol. The molecule has 0 spiro atoms. The van der Waals surface area contributed by atoms with Gasteiger partial charge in [0.2, 0.25) is 0 Å². The largest absolute Gasteiger partial charge is 0.497 e. The van der Waals surface area contributed by atoms with Crippen molar-refractivity contribution >= 4 is 17.0 Å². The minimum absolute atomic E-state index is 0.402. The molecule has 5 heteroatoms. The molecule has 0 aliphatic carbocycles. The van der Waals surface area contributed by atoms with Gasteiger partial charge in [-0.3, -0.25) is 5.73 Å². The van der Waals surface area contributed by atoms with Crippen molar-refractivity contribution < 1.29 is 14.4 Å². The second-order valence-electron chi connectivity index (χ2n) is 5.31. The molecule has 0 fully saturated rings. The molecule has 3 rings (SSSR count). The Balaban J connectivity index is 1.93. The summed E-state index contributed by atoms with van der Waals surface area (Å²) in [4.78, 5) is 0. The highest BCUT2D eigenvalue weighted by molar-refractivity contribution is 5.73. The number of ether oxygens (including phenoxy) is 1. The first-order valence-corrected chi connectivity index (χ1v) is 7.16. The van der Waals surface area contributed by atoms with Gasteiger partial charge in [0.25, 0.3) is 0 Å². The van der Waals surface area contributed by atoms with Crippen LogP contribution in [0.3, 0.4) is 0 Å². The van der Waals surface area contributed by atoms with Crippen LogP contribution < -0.4 is 15.0 Å². The number of aliphatic hydroxyl groups excluding tert-OH is 1. The maximum atomic E-state index is 10.5. The highest BCUT2D eigenvalue weighted by Gasteiger charge is 2.21. The lowest BCUT2D eigenvalue weighted by Gasteiger charge is -2.11. The molecule has 0 unspecified atom stereocenters. The number of para-hydroxylation sites is 2. The van der Waals surface area contributed by atoms with E-state index in [2.05, 4.69) is 0 Å². The Hall–Kier alpha value is -2.53. The number of methoxy groups -OCH3 is 1. The van der Waals surface area contributed by atoms with Gasteiger partial charge in [-0.1, -0.05) is 24.3 Å². The zero-order chi connectivity index (χ0) is 15.7. The molecule has 0 aliphatic rings. The molecule has 1 aromatic heterocycles. The maximum absolute atomic E-state index is 10.5. The van der Waals surface area contributed by atoms with Gasteiger partial charge in [-0.2, -0.15) is 0 Å². The molecule has 2 aromatic carbocycles. The summed E-state index contributed by atoms with van der Waals surface area (Å²) in [6.07, 6.45) is -0.635. The third kappa shape index (κ3) is 2.40. The minimum atomic E-state index is -0.635. The van der Waals surface area contributed by atoms with Gasteiger partial charge in [0.15, 0.2) is 0 Å². The van der Waals surface area contributed by atoms with Gasteiger partial charge in [-0.25, -0.2) is 9.13 Å². The molecule has 1 atom stereocenters. The first-order valence-electron chi connectivity index (χ1n) is 7.16. The molecule has 1 heterocycles. The molecule has 0 aliphatic heterocycles. The molecule has 0 saturated heterocycles. The number of hydrogen-bond donors (Lipinski definition) is 2. The lowest BCUT2D eigenvalue weighted by atomic mass is 10.1. The van der Waals surface area contributed by atoms with Crippen LogP contribution in [0.2, 0.25) is 0 Å². The van der Waals surface area contributed by atoms with Gasteiger partial charge in [0, 0.05) is 0 Å². The lowest BCUT2D eigenvalue weighted by molar-refractivity contribution is -0.630. The van der Waals surface area contributed by atoms with Crippen molar-refractivity contribution in [3.05, 3.63) is 54.1 Å². The average Bonchev–Trinajstić information content (AvgIpc) is 2.80. The van der Waals surface area contributed by atoms with E-state index in [1.807, 2.05) is 64.7 Å². The van der Waals surface area contributed by atoms with Crippen LogP contribution >= 0.6 is 0 Å². The van der Waals surface area contributed by atoms with E-state index in [0.29, 0.717) is 12.5 Å². The number of rotatable bonds is 4. The van der Waals surface area contributed by atoms with Gasteiger partial charge >= 0.3 is 5.95 Å². The second kappa shape index (κ2) is 5.69. The van der Waals surface area contributed by atoms with Crippen LogP contribution in [0.1, 0.15) is 11.7 Å². The van der Waals surface area contributed by atoms with E-state index in [1.165, 1.54) is 0 Å². The molecule has 0 radical (unpaired) electrons. The molecule has 22 heavy (non-hydrogen) atoms. The van der Waals surface area contributed by atoms with Crippen LogP contribution in [0.4, 0.5) is 5.95 Å². The Morgan fingerprint density at radius 1 is 1.18 bits per heavy atom. The minimum Gasteiger partial charge on any atom is -0.497 e. The lowest BCUT2D eigenvalue weighted by Crippen LogP contribution is -2.31. The van der Waals surface area contributed by atoms with Crippen LogP contribution in [-0.2, 0) is 13.6 Å². The zero-order valence-corrected chi connectivity index (χ0v) is 12.7. The molecule has 0 amide bonds. The second-order valence-corrected chi connectivity index (χ2v) is 5.31. The number of aromatic nitrogens is 2. The smallest absolute Gasteiger partial charge is 0.355 e. The number of nitrogen functional groups attached to an aromatic ring is 1. The number of nitrogens with zero attached hydrogens (tertiary/aromatic N) is 2. The van der Waals surface area contributed by atoms with Crippen molar-refractivity contribution in [1.82, 2.24) is 4.57 Å². The number of benzene rings is 2. The van der Waals surface area contributed by atoms with E-state index in [-0.39, 0.29) is 0 Å². The molecule has 3 aromatic rings. The predicted octanol–water partition coefficient (Wildman–Crippen LogP) is 1.79. The fourth-order valence-corrected chi connectivity index (χ4v) is 2.70. The van der Waals surface area contributed by atoms with Gasteiger partial charge < -0.3 is 9.84 Å². The van der Waals surface area contributed by atoms with Crippen molar-refractivity contribution in [2.45, 2.75) is 12.6 Å². The van der Waals surface area contributed by atoms with E-state index in [1.54, 1.807) is 7.11 Å². The van der Waals surface area contributed by atoms with E-state index in [9.17, 15) is 5.11 Å². The maximum Gasteiger partial charge on any atom is 0.355 e. The van der Waals surface area contributed by atoms with E-state index >= 15 is 0 Å². The Labute approximate surface area is 129 Å². The zero-order valence-electron chi connectivity index (χ0n) is 12.7. The molecule has 3 N–H and O–H groups in total. The van der Waals surface area contributed by atoms with Crippen LogP contribution in [0.25, 0.3) is 11.0 Å². The molecular formula is C17H20N3O2+. The van der Waals surface area contributed by atoms with E-state index in [0.717, 1.165) is 22.3 Å². The van der Waals surface area contributed by atoms with E-state index in [4.69, 9.17) is 10.5 Å². The van der Waals surface area contributed by atoms with Crippen molar-refractivity contribution in [3.8, 4) is 5.75 Å². The Bertz CT molecular complexity index is 794. The summed E-state index contributed by atoms with van der Waals surface area (Å²) >= 11 is 0. The summed E-state index contributed by atoms with van der Waals surface area (Å²) in [6.45, 7) is 0.402. The first kappa shape index (κ1) is 14.4. The summed E-state index contributed by atoms with van der Waals surface area (Å²) in [5.41, 5.74) is 9.07. The molecular weight excluding hydrogens is 278 g/mol. The Morgan fingerprint density at radius 3 is 2.55 bits per heavy atom. The number of aryl methyl sites for hydroxylation is 1. The summed E-state index contributed by atoms with van der Waals surface area (Å²) in [6, 6.07) is 15.4. The topological polar surface area (TPSA) is 64.3 Å². The Morgan fingerprint density at radius 2 is 1.86 bits per heavy atom. The van der Waals surface area contributed by atoms with Crippen LogP contribution in [0.15, 0.2) is 48.5 Å². The number of fused-ring (bicyclic) bond motifs is 1. The fraction of sp³-hybridized carbons (Fsp3) is 0.235. The Kier molecular flexibility index (Phi) is 3.73. The SMILES string of the molecule is COc1ccc([C@@H](O)Cn2c(N)[n+](C)c3ccccc32)cc1. The summed E-state index contributed by atoms with van der Waals surface area (Å²) < 4.78 is 9.00. The van der Waals surface area contributed by atoms with Crippen molar-refractivity contribution in [3.63, 3.8) is 0 Å².